The molecule has 0 unspecified atom stereocenters. The van der Waals surface area contributed by atoms with Gasteiger partial charge in [-0.15, -0.1) is 11.3 Å². The molecule has 0 aliphatic carbocycles. The quantitative estimate of drug-likeness (QED) is 0.868. The van der Waals surface area contributed by atoms with Gasteiger partial charge in [0.2, 0.25) is 0 Å². The van der Waals surface area contributed by atoms with Gasteiger partial charge in [0.25, 0.3) is 0 Å². The second-order valence-corrected chi connectivity index (χ2v) is 7.36. The number of carbonyl (C=O) groups excluding carboxylic acids is 1. The van der Waals surface area contributed by atoms with Crippen molar-refractivity contribution in [2.45, 2.75) is 45.2 Å². The summed E-state index contributed by atoms with van der Waals surface area (Å²) >= 11 is 1.54. The van der Waals surface area contributed by atoms with Crippen LogP contribution in [0.3, 0.4) is 0 Å². The third kappa shape index (κ3) is 5.06. The number of hydrogen-bond acceptors (Lipinski definition) is 3. The highest BCUT2D eigenvalue weighted by molar-refractivity contribution is 7.07. The summed E-state index contributed by atoms with van der Waals surface area (Å²) in [4.78, 5) is 18.2. The molecular weight excluding hydrogens is 306 g/mol. The fourth-order valence-corrected chi connectivity index (χ4v) is 3.32. The molecule has 5 heteroatoms. The van der Waals surface area contributed by atoms with Crippen molar-refractivity contribution in [3.05, 3.63) is 52.5 Å². The Labute approximate surface area is 142 Å². The number of amides is 2. The molecule has 0 aliphatic heterocycles. The Balaban J connectivity index is 1.88. The van der Waals surface area contributed by atoms with Crippen LogP contribution in [0.15, 0.2) is 41.2 Å². The highest BCUT2D eigenvalue weighted by Gasteiger charge is 2.24. The summed E-state index contributed by atoms with van der Waals surface area (Å²) in [5.41, 5.74) is 4.01. The minimum atomic E-state index is -0.0608. The lowest BCUT2D eigenvalue weighted by Gasteiger charge is -2.30. The second-order valence-electron chi connectivity index (χ2n) is 6.64. The number of hydrogen-bond donors (Lipinski definition) is 1. The lowest BCUT2D eigenvalue weighted by molar-refractivity contribution is 0.200. The number of aromatic nitrogens is 1. The van der Waals surface area contributed by atoms with Crippen molar-refractivity contribution in [2.24, 2.45) is 0 Å². The summed E-state index contributed by atoms with van der Waals surface area (Å²) in [6.07, 6.45) is 0.882. The van der Waals surface area contributed by atoms with E-state index in [2.05, 4.69) is 55.3 Å². The zero-order valence-electron chi connectivity index (χ0n) is 14.2. The van der Waals surface area contributed by atoms with Gasteiger partial charge in [-0.3, -0.25) is 0 Å². The fourth-order valence-electron chi connectivity index (χ4n) is 2.78. The van der Waals surface area contributed by atoms with Crippen LogP contribution in [0.5, 0.6) is 0 Å². The number of benzene rings is 1. The molecule has 4 nitrogen and oxygen atoms in total. The Morgan fingerprint density at radius 2 is 2.04 bits per heavy atom. The van der Waals surface area contributed by atoms with Crippen molar-refractivity contribution in [3.8, 4) is 0 Å². The maximum atomic E-state index is 12.3. The zero-order valence-corrected chi connectivity index (χ0v) is 15.1. The van der Waals surface area contributed by atoms with Crippen molar-refractivity contribution in [3.63, 3.8) is 0 Å². The predicted molar refractivity (Wildman–Crippen MR) is 95.7 cm³/mol. The molecule has 0 radical (unpaired) electrons. The summed E-state index contributed by atoms with van der Waals surface area (Å²) in [5, 5.41) is 5.04. The lowest BCUT2D eigenvalue weighted by Crippen LogP contribution is -2.43. The summed E-state index contributed by atoms with van der Waals surface area (Å²) in [6.45, 7) is 7.01. The van der Waals surface area contributed by atoms with Crippen LogP contribution in [0.4, 0.5) is 4.79 Å². The molecule has 1 aromatic heterocycles. The maximum absolute atomic E-state index is 12.3. The molecule has 1 aromatic carbocycles. The van der Waals surface area contributed by atoms with E-state index in [1.54, 1.807) is 28.8 Å². The molecule has 23 heavy (non-hydrogen) atoms. The van der Waals surface area contributed by atoms with Gasteiger partial charge in [0.05, 0.1) is 17.7 Å². The molecule has 2 amide bonds. The first-order valence-corrected chi connectivity index (χ1v) is 8.77. The Bertz CT molecular complexity index is 610. The van der Waals surface area contributed by atoms with Gasteiger partial charge in [-0.25, -0.2) is 9.78 Å². The summed E-state index contributed by atoms with van der Waals surface area (Å²) < 4.78 is 0. The average molecular weight is 331 g/mol. The molecule has 0 aliphatic rings. The SMILES string of the molecule is C[C@@H](CC(C)(C)c1ccccc1)NC(=O)N(C)Cc1cscn1. The van der Waals surface area contributed by atoms with Crippen LogP contribution < -0.4 is 5.32 Å². The van der Waals surface area contributed by atoms with Crippen LogP contribution in [-0.2, 0) is 12.0 Å². The van der Waals surface area contributed by atoms with E-state index in [-0.39, 0.29) is 17.5 Å². The number of urea groups is 1. The standard InChI is InChI=1S/C18H25N3OS/c1-14(10-18(2,3)15-8-6-5-7-9-15)20-17(22)21(4)11-16-12-23-13-19-16/h5-9,12-14H,10-11H2,1-4H3,(H,20,22)/t14-/m0/s1. The van der Waals surface area contributed by atoms with E-state index in [4.69, 9.17) is 0 Å². The molecule has 1 atom stereocenters. The van der Waals surface area contributed by atoms with Crippen molar-refractivity contribution in [1.29, 1.82) is 0 Å². The fraction of sp³-hybridized carbons (Fsp3) is 0.444. The number of thiazole rings is 1. The molecule has 2 rings (SSSR count). The number of rotatable bonds is 6. The molecular formula is C18H25N3OS. The topological polar surface area (TPSA) is 45.2 Å². The van der Waals surface area contributed by atoms with Crippen LogP contribution >= 0.6 is 11.3 Å². The van der Waals surface area contributed by atoms with Gasteiger partial charge < -0.3 is 10.2 Å². The lowest BCUT2D eigenvalue weighted by atomic mass is 9.79. The third-order valence-corrected chi connectivity index (χ3v) is 4.61. The Morgan fingerprint density at radius 3 is 2.65 bits per heavy atom. The highest BCUT2D eigenvalue weighted by atomic mass is 32.1. The van der Waals surface area contributed by atoms with Gasteiger partial charge in [-0.1, -0.05) is 44.2 Å². The molecule has 0 saturated carbocycles. The molecule has 0 fully saturated rings. The number of nitrogens with zero attached hydrogens (tertiary/aromatic N) is 2. The first-order chi connectivity index (χ1) is 10.9. The van der Waals surface area contributed by atoms with E-state index in [0.29, 0.717) is 6.54 Å². The van der Waals surface area contributed by atoms with Crippen LogP contribution in [0.2, 0.25) is 0 Å². The molecule has 0 bridgehead atoms. The van der Waals surface area contributed by atoms with Gasteiger partial charge in [0, 0.05) is 18.5 Å². The summed E-state index contributed by atoms with van der Waals surface area (Å²) in [5.74, 6) is 0. The smallest absolute Gasteiger partial charge is 0.317 e. The van der Waals surface area contributed by atoms with Crippen molar-refractivity contribution in [2.75, 3.05) is 7.05 Å². The van der Waals surface area contributed by atoms with Crippen LogP contribution in [-0.4, -0.2) is 29.0 Å². The van der Waals surface area contributed by atoms with E-state index in [9.17, 15) is 4.79 Å². The highest BCUT2D eigenvalue weighted by Crippen LogP contribution is 2.28. The van der Waals surface area contributed by atoms with Gasteiger partial charge in [0.1, 0.15) is 0 Å². The Morgan fingerprint density at radius 1 is 1.35 bits per heavy atom. The number of nitrogens with one attached hydrogen (secondary N) is 1. The first-order valence-electron chi connectivity index (χ1n) is 7.83. The van der Waals surface area contributed by atoms with Crippen molar-refractivity contribution >= 4 is 17.4 Å². The third-order valence-electron chi connectivity index (χ3n) is 3.97. The zero-order chi connectivity index (χ0) is 16.9. The molecule has 1 heterocycles. The van der Waals surface area contributed by atoms with Crippen LogP contribution in [0, 0.1) is 0 Å². The molecule has 2 aromatic rings. The first kappa shape index (κ1) is 17.5. The van der Waals surface area contributed by atoms with E-state index < -0.39 is 0 Å². The predicted octanol–water partition coefficient (Wildman–Crippen LogP) is 4.04. The van der Waals surface area contributed by atoms with E-state index >= 15 is 0 Å². The van der Waals surface area contributed by atoms with Crippen LogP contribution in [0.1, 0.15) is 38.4 Å². The van der Waals surface area contributed by atoms with E-state index in [0.717, 1.165) is 12.1 Å². The van der Waals surface area contributed by atoms with Gasteiger partial charge in [0.15, 0.2) is 0 Å². The normalized spacial score (nSPS) is 12.7. The minimum Gasteiger partial charge on any atom is -0.336 e. The number of carbonyl (C=O) groups is 1. The maximum Gasteiger partial charge on any atom is 0.317 e. The second kappa shape index (κ2) is 7.59. The van der Waals surface area contributed by atoms with Crippen LogP contribution in [0.25, 0.3) is 0 Å². The van der Waals surface area contributed by atoms with Gasteiger partial charge in [-0.2, -0.15) is 0 Å². The summed E-state index contributed by atoms with van der Waals surface area (Å²) in [6, 6.07) is 10.5. The molecule has 1 N–H and O–H groups in total. The van der Waals surface area contributed by atoms with E-state index in [1.807, 2.05) is 11.4 Å². The Hall–Kier alpha value is -1.88. The summed E-state index contributed by atoms with van der Waals surface area (Å²) in [7, 11) is 1.80. The largest absolute Gasteiger partial charge is 0.336 e. The molecule has 0 spiro atoms. The van der Waals surface area contributed by atoms with E-state index in [1.165, 1.54) is 5.56 Å². The minimum absolute atomic E-state index is 0.0153. The average Bonchev–Trinajstić information content (AvgIpc) is 3.00. The molecule has 124 valence electrons. The van der Waals surface area contributed by atoms with Crippen molar-refractivity contribution < 1.29 is 4.79 Å². The van der Waals surface area contributed by atoms with Gasteiger partial charge in [-0.05, 0) is 24.3 Å². The molecule has 0 saturated heterocycles. The van der Waals surface area contributed by atoms with Crippen molar-refractivity contribution in [1.82, 2.24) is 15.2 Å². The Kier molecular flexibility index (Phi) is 5.77. The monoisotopic (exact) mass is 331 g/mol. The van der Waals surface area contributed by atoms with Gasteiger partial charge >= 0.3 is 6.03 Å².